The molecule has 0 saturated carbocycles. The highest BCUT2D eigenvalue weighted by atomic mass is 16.6. The van der Waals surface area contributed by atoms with Crippen LogP contribution in [0.4, 0.5) is 0 Å². The Morgan fingerprint density at radius 1 is 1.53 bits per heavy atom. The van der Waals surface area contributed by atoms with Gasteiger partial charge in [0, 0.05) is 19.0 Å². The molecule has 1 aromatic heterocycles. The Labute approximate surface area is 88.2 Å². The fourth-order valence-electron chi connectivity index (χ4n) is 1.52. The summed E-state index contributed by atoms with van der Waals surface area (Å²) in [4.78, 5) is 15.3. The molecule has 1 aromatic rings. The predicted octanol–water partition coefficient (Wildman–Crippen LogP) is 1.42. The molecule has 15 heavy (non-hydrogen) atoms. The summed E-state index contributed by atoms with van der Waals surface area (Å²) in [5, 5.41) is 0. The summed E-state index contributed by atoms with van der Waals surface area (Å²) in [5.74, 6) is -0.312. The van der Waals surface area contributed by atoms with Crippen molar-refractivity contribution in [3.63, 3.8) is 0 Å². The number of esters is 1. The Kier molecular flexibility index (Phi) is 3.29. The number of nitrogens with zero attached hydrogens (tertiary/aromatic N) is 1. The molecule has 80 valence electrons. The minimum absolute atomic E-state index is 0.0794. The molecule has 0 aromatic carbocycles. The van der Waals surface area contributed by atoms with E-state index in [1.54, 1.807) is 24.5 Å². The second-order valence-electron chi connectivity index (χ2n) is 3.47. The van der Waals surface area contributed by atoms with Crippen molar-refractivity contribution in [3.8, 4) is 0 Å². The van der Waals surface area contributed by atoms with Crippen LogP contribution in [0.25, 0.3) is 0 Å². The van der Waals surface area contributed by atoms with Gasteiger partial charge in [0.15, 0.2) is 0 Å². The van der Waals surface area contributed by atoms with E-state index < -0.39 is 0 Å². The van der Waals surface area contributed by atoms with Crippen molar-refractivity contribution in [1.82, 2.24) is 4.98 Å². The van der Waals surface area contributed by atoms with Crippen LogP contribution in [0.2, 0.25) is 0 Å². The maximum atomic E-state index is 11.5. The van der Waals surface area contributed by atoms with Gasteiger partial charge >= 0.3 is 5.97 Å². The zero-order valence-electron chi connectivity index (χ0n) is 8.39. The van der Waals surface area contributed by atoms with Crippen LogP contribution in [0.5, 0.6) is 0 Å². The van der Waals surface area contributed by atoms with E-state index in [9.17, 15) is 4.79 Å². The van der Waals surface area contributed by atoms with Gasteiger partial charge in [-0.3, -0.25) is 4.98 Å². The third-order valence-corrected chi connectivity index (χ3v) is 2.34. The maximum absolute atomic E-state index is 11.5. The van der Waals surface area contributed by atoms with Gasteiger partial charge < -0.3 is 9.47 Å². The van der Waals surface area contributed by atoms with Crippen LogP contribution in [0.3, 0.4) is 0 Å². The van der Waals surface area contributed by atoms with E-state index >= 15 is 0 Å². The molecule has 0 radical (unpaired) electrons. The molecule has 0 bridgehead atoms. The van der Waals surface area contributed by atoms with Gasteiger partial charge in [0.05, 0.1) is 11.7 Å². The van der Waals surface area contributed by atoms with Crippen LogP contribution in [0, 0.1) is 0 Å². The van der Waals surface area contributed by atoms with Crippen LogP contribution in [-0.2, 0) is 9.47 Å². The molecule has 0 N–H and O–H groups in total. The first kappa shape index (κ1) is 10.1. The van der Waals surface area contributed by atoms with Crippen LogP contribution in [0.15, 0.2) is 24.5 Å². The van der Waals surface area contributed by atoms with Crippen LogP contribution < -0.4 is 0 Å². The molecule has 2 heterocycles. The van der Waals surface area contributed by atoms with Crippen molar-refractivity contribution < 1.29 is 14.3 Å². The van der Waals surface area contributed by atoms with E-state index in [-0.39, 0.29) is 12.1 Å². The number of ether oxygens (including phenoxy) is 2. The van der Waals surface area contributed by atoms with Gasteiger partial charge in [-0.1, -0.05) is 0 Å². The SMILES string of the molecule is O=C(OCC1CCCO1)c1ccncc1. The molecule has 4 heteroatoms. The van der Waals surface area contributed by atoms with Gasteiger partial charge in [0.2, 0.25) is 0 Å². The van der Waals surface area contributed by atoms with E-state index in [4.69, 9.17) is 9.47 Å². The van der Waals surface area contributed by atoms with Gasteiger partial charge in [-0.05, 0) is 25.0 Å². The summed E-state index contributed by atoms with van der Waals surface area (Å²) in [6, 6.07) is 3.27. The summed E-state index contributed by atoms with van der Waals surface area (Å²) in [6.07, 6.45) is 5.25. The first-order chi connectivity index (χ1) is 7.36. The van der Waals surface area contributed by atoms with Crippen LogP contribution >= 0.6 is 0 Å². The van der Waals surface area contributed by atoms with Crippen LogP contribution in [0.1, 0.15) is 23.2 Å². The average Bonchev–Trinajstić information content (AvgIpc) is 2.80. The first-order valence-corrected chi connectivity index (χ1v) is 5.05. The highest BCUT2D eigenvalue weighted by Gasteiger charge is 2.17. The van der Waals surface area contributed by atoms with Crippen LogP contribution in [-0.4, -0.2) is 30.3 Å². The third kappa shape index (κ3) is 2.76. The number of rotatable bonds is 3. The molecular weight excluding hydrogens is 194 g/mol. The van der Waals surface area contributed by atoms with Gasteiger partial charge in [-0.25, -0.2) is 4.79 Å². The standard InChI is InChI=1S/C11H13NO3/c13-11(9-3-5-12-6-4-9)15-8-10-2-1-7-14-10/h3-6,10H,1-2,7-8H2. The normalized spacial score (nSPS) is 20.1. The third-order valence-electron chi connectivity index (χ3n) is 2.34. The summed E-state index contributed by atoms with van der Waals surface area (Å²) in [7, 11) is 0. The Balaban J connectivity index is 1.82. The lowest BCUT2D eigenvalue weighted by Crippen LogP contribution is -2.17. The Bertz CT molecular complexity index is 320. The van der Waals surface area contributed by atoms with E-state index in [1.807, 2.05) is 0 Å². The number of carbonyl (C=O) groups is 1. The Morgan fingerprint density at radius 2 is 2.33 bits per heavy atom. The molecule has 1 atom stereocenters. The second-order valence-corrected chi connectivity index (χ2v) is 3.47. The van der Waals surface area contributed by atoms with Crippen molar-refractivity contribution in [3.05, 3.63) is 30.1 Å². The molecule has 1 saturated heterocycles. The summed E-state index contributed by atoms with van der Waals surface area (Å²) < 4.78 is 10.5. The first-order valence-electron chi connectivity index (χ1n) is 5.05. The molecule has 1 aliphatic heterocycles. The molecule has 0 spiro atoms. The van der Waals surface area contributed by atoms with Crippen molar-refractivity contribution in [2.45, 2.75) is 18.9 Å². The Morgan fingerprint density at radius 3 is 3.00 bits per heavy atom. The van der Waals surface area contributed by atoms with E-state index in [0.29, 0.717) is 12.2 Å². The van der Waals surface area contributed by atoms with Crippen molar-refractivity contribution in [1.29, 1.82) is 0 Å². The lowest BCUT2D eigenvalue weighted by atomic mass is 10.2. The number of hydrogen-bond acceptors (Lipinski definition) is 4. The van der Waals surface area contributed by atoms with Gasteiger partial charge in [-0.2, -0.15) is 0 Å². The Hall–Kier alpha value is -1.42. The molecule has 1 aliphatic rings. The lowest BCUT2D eigenvalue weighted by molar-refractivity contribution is 0.0161. The summed E-state index contributed by atoms with van der Waals surface area (Å²) in [5.41, 5.74) is 0.531. The number of hydrogen-bond donors (Lipinski definition) is 0. The maximum Gasteiger partial charge on any atom is 0.338 e. The monoisotopic (exact) mass is 207 g/mol. The molecule has 1 fully saturated rings. The molecule has 2 rings (SSSR count). The van der Waals surface area contributed by atoms with E-state index in [0.717, 1.165) is 19.4 Å². The average molecular weight is 207 g/mol. The number of pyridine rings is 1. The zero-order valence-corrected chi connectivity index (χ0v) is 8.39. The minimum atomic E-state index is -0.312. The van der Waals surface area contributed by atoms with Crippen molar-refractivity contribution in [2.75, 3.05) is 13.2 Å². The van der Waals surface area contributed by atoms with Gasteiger partial charge in [0.1, 0.15) is 6.61 Å². The summed E-state index contributed by atoms with van der Waals surface area (Å²) in [6.45, 7) is 1.12. The van der Waals surface area contributed by atoms with Crippen molar-refractivity contribution in [2.24, 2.45) is 0 Å². The van der Waals surface area contributed by atoms with Gasteiger partial charge in [0.25, 0.3) is 0 Å². The molecule has 4 nitrogen and oxygen atoms in total. The topological polar surface area (TPSA) is 48.4 Å². The molecule has 1 unspecified atom stereocenters. The largest absolute Gasteiger partial charge is 0.459 e. The molecule has 0 aliphatic carbocycles. The molecular formula is C11H13NO3. The van der Waals surface area contributed by atoms with Crippen molar-refractivity contribution >= 4 is 5.97 Å². The molecule has 0 amide bonds. The highest BCUT2D eigenvalue weighted by Crippen LogP contribution is 2.12. The second kappa shape index (κ2) is 4.89. The van der Waals surface area contributed by atoms with E-state index in [2.05, 4.69) is 4.98 Å². The predicted molar refractivity (Wildman–Crippen MR) is 53.5 cm³/mol. The highest BCUT2D eigenvalue weighted by molar-refractivity contribution is 5.89. The number of carbonyl (C=O) groups excluding carboxylic acids is 1. The smallest absolute Gasteiger partial charge is 0.338 e. The fourth-order valence-corrected chi connectivity index (χ4v) is 1.52. The lowest BCUT2D eigenvalue weighted by Gasteiger charge is -2.09. The number of aromatic nitrogens is 1. The fraction of sp³-hybridized carbons (Fsp3) is 0.455. The van der Waals surface area contributed by atoms with Gasteiger partial charge in [-0.15, -0.1) is 0 Å². The zero-order chi connectivity index (χ0) is 10.5. The summed E-state index contributed by atoms with van der Waals surface area (Å²) >= 11 is 0. The minimum Gasteiger partial charge on any atom is -0.459 e. The quantitative estimate of drug-likeness (QED) is 0.703. The van der Waals surface area contributed by atoms with E-state index in [1.165, 1.54) is 0 Å².